The number of rotatable bonds is 8. The van der Waals surface area contributed by atoms with Gasteiger partial charge in [-0.1, -0.05) is 20.8 Å². The van der Waals surface area contributed by atoms with Crippen LogP contribution in [0.5, 0.6) is 0 Å². The Bertz CT molecular complexity index is 358. The lowest BCUT2D eigenvalue weighted by Crippen LogP contribution is -2.11. The summed E-state index contributed by atoms with van der Waals surface area (Å²) in [7, 11) is 0. The molecule has 5 heteroatoms. The van der Waals surface area contributed by atoms with Gasteiger partial charge in [0.1, 0.15) is 6.33 Å². The molecule has 0 spiro atoms. The van der Waals surface area contributed by atoms with Crippen molar-refractivity contribution in [2.75, 3.05) is 25.1 Å². The number of hydrogen-bond donors (Lipinski definition) is 1. The summed E-state index contributed by atoms with van der Waals surface area (Å²) in [6.45, 7) is 8.19. The molecule has 0 aromatic carbocycles. The molecule has 0 unspecified atom stereocenters. The van der Waals surface area contributed by atoms with Crippen LogP contribution in [-0.4, -0.2) is 29.7 Å². The Morgan fingerprint density at radius 3 is 2.83 bits per heavy atom. The van der Waals surface area contributed by atoms with Gasteiger partial charge in [0.15, 0.2) is 11.6 Å². The Kier molecular flexibility index (Phi) is 6.57. The maximum atomic E-state index is 13.7. The van der Waals surface area contributed by atoms with Gasteiger partial charge in [-0.25, -0.2) is 14.4 Å². The van der Waals surface area contributed by atoms with E-state index in [0.29, 0.717) is 31.2 Å². The first kappa shape index (κ1) is 14.8. The Hall–Kier alpha value is -1.23. The minimum absolute atomic E-state index is 0.283. The molecule has 0 saturated carbocycles. The van der Waals surface area contributed by atoms with Crippen LogP contribution in [0.2, 0.25) is 0 Å². The number of aryl methyl sites for hydroxylation is 1. The van der Waals surface area contributed by atoms with Gasteiger partial charge in [-0.15, -0.1) is 0 Å². The molecule has 0 radical (unpaired) electrons. The Morgan fingerprint density at radius 1 is 1.39 bits per heavy atom. The number of ether oxygens (including phenoxy) is 1. The summed E-state index contributed by atoms with van der Waals surface area (Å²) in [4.78, 5) is 7.78. The average Bonchev–Trinajstić information content (AvgIpc) is 2.35. The molecule has 0 fully saturated rings. The van der Waals surface area contributed by atoms with Crippen molar-refractivity contribution in [2.45, 2.75) is 33.6 Å². The number of halogens is 1. The average molecular weight is 255 g/mol. The normalized spacial score (nSPS) is 10.9. The third-order valence-corrected chi connectivity index (χ3v) is 2.41. The second kappa shape index (κ2) is 7.97. The zero-order valence-corrected chi connectivity index (χ0v) is 11.4. The molecule has 18 heavy (non-hydrogen) atoms. The fourth-order valence-corrected chi connectivity index (χ4v) is 1.48. The maximum Gasteiger partial charge on any atom is 0.186 e. The van der Waals surface area contributed by atoms with Gasteiger partial charge >= 0.3 is 0 Å². The zero-order valence-electron chi connectivity index (χ0n) is 11.4. The van der Waals surface area contributed by atoms with Crippen LogP contribution in [0.3, 0.4) is 0 Å². The summed E-state index contributed by atoms with van der Waals surface area (Å²) in [6.07, 6.45) is 2.79. The highest BCUT2D eigenvalue weighted by Gasteiger charge is 2.08. The van der Waals surface area contributed by atoms with Crippen molar-refractivity contribution in [3.05, 3.63) is 17.8 Å². The fraction of sp³-hybridized carbons (Fsp3) is 0.692. The SMILES string of the molecule is CCc1ncnc(NCCCOCC(C)C)c1F. The van der Waals surface area contributed by atoms with E-state index >= 15 is 0 Å². The largest absolute Gasteiger partial charge is 0.381 e. The van der Waals surface area contributed by atoms with Crippen molar-refractivity contribution in [2.24, 2.45) is 5.92 Å². The highest BCUT2D eigenvalue weighted by atomic mass is 19.1. The van der Waals surface area contributed by atoms with Crippen molar-refractivity contribution >= 4 is 5.82 Å². The molecule has 1 N–H and O–H groups in total. The topological polar surface area (TPSA) is 47.0 Å². The molecule has 0 amide bonds. The van der Waals surface area contributed by atoms with Crippen LogP contribution in [0.15, 0.2) is 6.33 Å². The Balaban J connectivity index is 2.27. The summed E-state index contributed by atoms with van der Waals surface area (Å²) < 4.78 is 19.2. The Labute approximate surface area is 108 Å². The lowest BCUT2D eigenvalue weighted by molar-refractivity contribution is 0.110. The van der Waals surface area contributed by atoms with Crippen LogP contribution in [0.1, 0.15) is 32.9 Å². The third-order valence-electron chi connectivity index (χ3n) is 2.41. The molecule has 1 aromatic rings. The van der Waals surface area contributed by atoms with E-state index in [9.17, 15) is 4.39 Å². The summed E-state index contributed by atoms with van der Waals surface area (Å²) in [5.41, 5.74) is 0.448. The van der Waals surface area contributed by atoms with Crippen LogP contribution in [0, 0.1) is 11.7 Å². The monoisotopic (exact) mass is 255 g/mol. The lowest BCUT2D eigenvalue weighted by Gasteiger charge is -2.09. The first-order chi connectivity index (χ1) is 8.65. The van der Waals surface area contributed by atoms with Crippen LogP contribution in [-0.2, 0) is 11.2 Å². The molecule has 0 saturated heterocycles. The van der Waals surface area contributed by atoms with Crippen LogP contribution in [0.4, 0.5) is 10.2 Å². The van der Waals surface area contributed by atoms with Crippen LogP contribution >= 0.6 is 0 Å². The van der Waals surface area contributed by atoms with Crippen molar-refractivity contribution < 1.29 is 9.13 Å². The fourth-order valence-electron chi connectivity index (χ4n) is 1.48. The molecule has 0 aliphatic rings. The van der Waals surface area contributed by atoms with Gasteiger partial charge in [-0.3, -0.25) is 0 Å². The molecule has 4 nitrogen and oxygen atoms in total. The van der Waals surface area contributed by atoms with E-state index in [1.54, 1.807) is 0 Å². The second-order valence-electron chi connectivity index (χ2n) is 4.59. The van der Waals surface area contributed by atoms with Crippen LogP contribution in [0.25, 0.3) is 0 Å². The van der Waals surface area contributed by atoms with Gasteiger partial charge in [0.05, 0.1) is 5.69 Å². The molecule has 0 atom stereocenters. The first-order valence-corrected chi connectivity index (χ1v) is 6.46. The van der Waals surface area contributed by atoms with Crippen molar-refractivity contribution in [1.82, 2.24) is 9.97 Å². The minimum Gasteiger partial charge on any atom is -0.381 e. The molecular weight excluding hydrogens is 233 g/mol. The van der Waals surface area contributed by atoms with Gasteiger partial charge in [-0.05, 0) is 18.8 Å². The van der Waals surface area contributed by atoms with Crippen molar-refractivity contribution in [3.8, 4) is 0 Å². The molecule has 1 heterocycles. The van der Waals surface area contributed by atoms with Crippen molar-refractivity contribution in [3.63, 3.8) is 0 Å². The summed E-state index contributed by atoms with van der Waals surface area (Å²) in [5, 5.41) is 2.97. The first-order valence-electron chi connectivity index (χ1n) is 6.46. The second-order valence-corrected chi connectivity index (χ2v) is 4.59. The summed E-state index contributed by atoms with van der Waals surface area (Å²) in [5.74, 6) is 0.484. The maximum absolute atomic E-state index is 13.7. The predicted molar refractivity (Wildman–Crippen MR) is 70.1 cm³/mol. The van der Waals surface area contributed by atoms with E-state index in [1.165, 1.54) is 6.33 Å². The minimum atomic E-state index is -0.344. The highest BCUT2D eigenvalue weighted by molar-refractivity contribution is 5.36. The molecule has 1 aromatic heterocycles. The summed E-state index contributed by atoms with van der Waals surface area (Å²) >= 11 is 0. The smallest absolute Gasteiger partial charge is 0.186 e. The van der Waals surface area contributed by atoms with Gasteiger partial charge in [0, 0.05) is 19.8 Å². The standard InChI is InChI=1S/C13H22FN3O/c1-4-11-12(14)13(17-9-16-11)15-6-5-7-18-8-10(2)3/h9-10H,4-8H2,1-3H3,(H,15,16,17). The molecule has 0 bridgehead atoms. The number of nitrogens with zero attached hydrogens (tertiary/aromatic N) is 2. The molecule has 1 rings (SSSR count). The number of nitrogens with one attached hydrogen (secondary N) is 1. The molecule has 102 valence electrons. The van der Waals surface area contributed by atoms with E-state index in [2.05, 4.69) is 29.1 Å². The van der Waals surface area contributed by atoms with E-state index in [-0.39, 0.29) is 11.6 Å². The highest BCUT2D eigenvalue weighted by Crippen LogP contribution is 2.12. The zero-order chi connectivity index (χ0) is 13.4. The number of anilines is 1. The van der Waals surface area contributed by atoms with Gasteiger partial charge in [0.2, 0.25) is 0 Å². The quantitative estimate of drug-likeness (QED) is 0.725. The van der Waals surface area contributed by atoms with Gasteiger partial charge in [0.25, 0.3) is 0 Å². The van der Waals surface area contributed by atoms with Gasteiger partial charge in [-0.2, -0.15) is 0 Å². The van der Waals surface area contributed by atoms with E-state index in [4.69, 9.17) is 4.74 Å². The van der Waals surface area contributed by atoms with E-state index in [0.717, 1.165) is 13.0 Å². The van der Waals surface area contributed by atoms with Crippen LogP contribution < -0.4 is 5.32 Å². The lowest BCUT2D eigenvalue weighted by atomic mass is 10.2. The molecule has 0 aliphatic carbocycles. The number of aromatic nitrogens is 2. The van der Waals surface area contributed by atoms with E-state index in [1.807, 2.05) is 6.92 Å². The third kappa shape index (κ3) is 4.96. The van der Waals surface area contributed by atoms with Crippen molar-refractivity contribution in [1.29, 1.82) is 0 Å². The molecular formula is C13H22FN3O. The van der Waals surface area contributed by atoms with E-state index < -0.39 is 0 Å². The predicted octanol–water partition coefficient (Wildman–Crippen LogP) is 2.65. The summed E-state index contributed by atoms with van der Waals surface area (Å²) in [6, 6.07) is 0. The Morgan fingerprint density at radius 2 is 2.17 bits per heavy atom. The molecule has 0 aliphatic heterocycles. The van der Waals surface area contributed by atoms with Gasteiger partial charge < -0.3 is 10.1 Å². The number of hydrogen-bond acceptors (Lipinski definition) is 4.